The van der Waals surface area contributed by atoms with Crippen molar-refractivity contribution < 1.29 is 70.7 Å². The molecule has 20 heteroatoms. The molecule has 0 fully saturated rings. The number of alkyl halides is 6. The molecule has 0 saturated carbocycles. The molecule has 1 unspecified atom stereocenters. The Hall–Kier alpha value is -5.24. The maximum Gasteiger partial charge on any atom is 0.437 e. The average Bonchev–Trinajstić information content (AvgIpc) is 3.11. The average molecular weight is 807 g/mol. The quantitative estimate of drug-likeness (QED) is 0.0626. The van der Waals surface area contributed by atoms with Gasteiger partial charge in [0.1, 0.15) is 22.1 Å². The predicted octanol–water partition coefficient (Wildman–Crippen LogP) is 7.28. The summed E-state index contributed by atoms with van der Waals surface area (Å²) in [6, 6.07) is 13.6. The van der Waals surface area contributed by atoms with E-state index >= 15 is 0 Å². The molecule has 0 amide bonds. The summed E-state index contributed by atoms with van der Waals surface area (Å²) in [5.41, 5.74) is -4.20. The lowest BCUT2D eigenvalue weighted by Crippen LogP contribution is -2.25. The number of oxime groups is 2. The van der Waals surface area contributed by atoms with E-state index in [4.69, 9.17) is 18.9 Å². The van der Waals surface area contributed by atoms with Gasteiger partial charge in [-0.1, -0.05) is 17.2 Å². The van der Waals surface area contributed by atoms with Crippen molar-refractivity contribution in [2.24, 2.45) is 16.2 Å². The van der Waals surface area contributed by atoms with Crippen LogP contribution in [-0.4, -0.2) is 68.0 Å². The molecule has 1 atom stereocenters. The Morgan fingerprint density at radius 1 is 0.648 bits per heavy atom. The van der Waals surface area contributed by atoms with Gasteiger partial charge in [0.15, 0.2) is 11.4 Å². The van der Waals surface area contributed by atoms with Gasteiger partial charge in [0.25, 0.3) is 0 Å². The maximum atomic E-state index is 13.8. The van der Waals surface area contributed by atoms with E-state index in [2.05, 4.69) is 18.9 Å². The van der Waals surface area contributed by atoms with Crippen molar-refractivity contribution in [3.05, 3.63) is 107 Å². The standard InChI is InChI=1S/C34H32F6N2O10S2/c1-22-21-28(48-3)15-18-30(22)54(45,46)52-42-32(34(38,39)40)24-7-11-27(12-8-24)50-20-4-19-49-26-9-5-23(6-10-26)31(33(35,36)37)41-51-53(43,44)29-16-13-25(47-2)14-17-29/h5-18,22H,4,19-21H2,1-3H3. The van der Waals surface area contributed by atoms with Crippen LogP contribution in [0.4, 0.5) is 26.3 Å². The summed E-state index contributed by atoms with van der Waals surface area (Å²) in [5, 5.41) is 5.84. The Labute approximate surface area is 306 Å². The molecule has 4 rings (SSSR count). The highest BCUT2D eigenvalue weighted by atomic mass is 32.2. The minimum atomic E-state index is -5.08. The second-order valence-electron chi connectivity index (χ2n) is 11.2. The van der Waals surface area contributed by atoms with Crippen LogP contribution in [0.3, 0.4) is 0 Å². The fourth-order valence-corrected chi connectivity index (χ4v) is 6.48. The van der Waals surface area contributed by atoms with Crippen molar-refractivity contribution in [1.29, 1.82) is 0 Å². The lowest BCUT2D eigenvalue weighted by atomic mass is 10.0. The fraction of sp³-hybridized carbons (Fsp3) is 0.294. The molecule has 0 heterocycles. The first kappa shape index (κ1) is 41.5. The van der Waals surface area contributed by atoms with E-state index in [1.165, 1.54) is 62.8 Å². The number of rotatable bonds is 16. The van der Waals surface area contributed by atoms with Gasteiger partial charge in [0, 0.05) is 29.9 Å². The third-order valence-electron chi connectivity index (χ3n) is 7.40. The summed E-state index contributed by atoms with van der Waals surface area (Å²) < 4.78 is 162. The first-order valence-electron chi connectivity index (χ1n) is 15.6. The zero-order valence-electron chi connectivity index (χ0n) is 28.5. The smallest absolute Gasteiger partial charge is 0.437 e. The third-order valence-corrected chi connectivity index (χ3v) is 9.90. The molecule has 1 aliphatic carbocycles. The normalized spacial score (nSPS) is 15.8. The van der Waals surface area contributed by atoms with Gasteiger partial charge in [0.05, 0.1) is 38.1 Å². The first-order valence-corrected chi connectivity index (χ1v) is 18.4. The van der Waals surface area contributed by atoms with Gasteiger partial charge in [0.2, 0.25) is 0 Å². The Bertz CT molecular complexity index is 2100. The van der Waals surface area contributed by atoms with Crippen molar-refractivity contribution in [2.45, 2.75) is 37.0 Å². The molecular formula is C34H32F6N2O10S2. The number of halogens is 6. The first-order chi connectivity index (χ1) is 25.3. The highest BCUT2D eigenvalue weighted by molar-refractivity contribution is 7.90. The highest BCUT2D eigenvalue weighted by Crippen LogP contribution is 2.31. The van der Waals surface area contributed by atoms with E-state index in [-0.39, 0.29) is 42.5 Å². The monoisotopic (exact) mass is 806 g/mol. The zero-order valence-corrected chi connectivity index (χ0v) is 30.2. The number of hydrogen-bond acceptors (Lipinski definition) is 12. The van der Waals surface area contributed by atoms with Gasteiger partial charge in [-0.05, 0) is 84.9 Å². The van der Waals surface area contributed by atoms with Gasteiger partial charge in [-0.25, -0.2) is 0 Å². The highest BCUT2D eigenvalue weighted by Gasteiger charge is 2.40. The maximum absolute atomic E-state index is 13.8. The summed E-state index contributed by atoms with van der Waals surface area (Å²) in [7, 11) is -6.58. The molecule has 0 radical (unpaired) electrons. The van der Waals surface area contributed by atoms with E-state index in [1.807, 2.05) is 0 Å². The van der Waals surface area contributed by atoms with Crippen LogP contribution in [0.15, 0.2) is 111 Å². The molecule has 12 nitrogen and oxygen atoms in total. The van der Waals surface area contributed by atoms with Gasteiger partial charge in [-0.2, -0.15) is 43.2 Å². The molecule has 0 spiro atoms. The SMILES string of the molecule is COC1=CC=C(S(=O)(=O)ON=C(c2ccc(OCCCOc3ccc(C(=NOS(=O)(=O)c4ccc(OC)cc4)C(F)(F)F)cc3)cc2)C(F)(F)F)C(C)C1. The Morgan fingerprint density at radius 3 is 1.50 bits per heavy atom. The van der Waals surface area contributed by atoms with Crippen molar-refractivity contribution in [3.63, 3.8) is 0 Å². The lowest BCUT2D eigenvalue weighted by molar-refractivity contribution is -0.0606. The molecule has 0 aromatic heterocycles. The number of ether oxygens (including phenoxy) is 4. The van der Waals surface area contributed by atoms with E-state index in [9.17, 15) is 43.2 Å². The van der Waals surface area contributed by atoms with Crippen LogP contribution < -0.4 is 14.2 Å². The molecule has 292 valence electrons. The summed E-state index contributed by atoms with van der Waals surface area (Å²) in [6.07, 6.45) is -7.15. The number of allylic oxidation sites excluding steroid dienone is 4. The summed E-state index contributed by atoms with van der Waals surface area (Å²) in [6.45, 7) is 1.59. The molecule has 0 bridgehead atoms. The van der Waals surface area contributed by atoms with Crippen LogP contribution in [0.1, 0.15) is 30.9 Å². The van der Waals surface area contributed by atoms with Gasteiger partial charge < -0.3 is 18.9 Å². The van der Waals surface area contributed by atoms with Crippen LogP contribution in [0.5, 0.6) is 17.2 Å². The van der Waals surface area contributed by atoms with Gasteiger partial charge in [-0.15, -0.1) is 0 Å². The Kier molecular flexibility index (Phi) is 13.3. The molecule has 0 aliphatic heterocycles. The number of nitrogens with zero attached hydrogens (tertiary/aromatic N) is 2. The topological polar surface area (TPSA) is 148 Å². The molecule has 0 N–H and O–H groups in total. The largest absolute Gasteiger partial charge is 0.501 e. The zero-order chi connectivity index (χ0) is 39.7. The van der Waals surface area contributed by atoms with E-state index in [0.717, 1.165) is 36.4 Å². The summed E-state index contributed by atoms with van der Waals surface area (Å²) >= 11 is 0. The van der Waals surface area contributed by atoms with Crippen LogP contribution in [0.2, 0.25) is 0 Å². The summed E-state index contributed by atoms with van der Waals surface area (Å²) in [4.78, 5) is -0.701. The lowest BCUT2D eigenvalue weighted by Gasteiger charge is -2.19. The third kappa shape index (κ3) is 11.1. The van der Waals surface area contributed by atoms with Crippen LogP contribution in [0.25, 0.3) is 0 Å². The molecule has 1 aliphatic rings. The number of methoxy groups -OCH3 is 2. The molecular weight excluding hydrogens is 775 g/mol. The molecule has 3 aromatic rings. The second kappa shape index (κ2) is 17.3. The molecule has 0 saturated heterocycles. The van der Waals surface area contributed by atoms with Crippen molar-refractivity contribution >= 4 is 31.7 Å². The Balaban J connectivity index is 1.31. The second-order valence-corrected chi connectivity index (χ2v) is 14.3. The van der Waals surface area contributed by atoms with Crippen molar-refractivity contribution in [1.82, 2.24) is 0 Å². The predicted molar refractivity (Wildman–Crippen MR) is 182 cm³/mol. The number of hydrogen-bond donors (Lipinski definition) is 0. The van der Waals surface area contributed by atoms with E-state index in [0.29, 0.717) is 11.5 Å². The van der Waals surface area contributed by atoms with Crippen molar-refractivity contribution in [2.75, 3.05) is 27.4 Å². The minimum Gasteiger partial charge on any atom is -0.501 e. The van der Waals surface area contributed by atoms with E-state index < -0.39 is 66.0 Å². The van der Waals surface area contributed by atoms with E-state index in [1.54, 1.807) is 6.92 Å². The van der Waals surface area contributed by atoms with Crippen LogP contribution in [-0.2, 0) is 33.5 Å². The minimum absolute atomic E-state index is 0.0230. The fourth-order valence-electron chi connectivity index (χ4n) is 4.69. The summed E-state index contributed by atoms with van der Waals surface area (Å²) in [5.74, 6) is 0.503. The van der Waals surface area contributed by atoms with Crippen LogP contribution in [0, 0.1) is 5.92 Å². The molecule has 3 aromatic carbocycles. The van der Waals surface area contributed by atoms with Crippen LogP contribution >= 0.6 is 0 Å². The Morgan fingerprint density at radius 2 is 1.09 bits per heavy atom. The van der Waals surface area contributed by atoms with Gasteiger partial charge in [-0.3, -0.25) is 8.57 Å². The van der Waals surface area contributed by atoms with Crippen molar-refractivity contribution in [3.8, 4) is 17.2 Å². The number of benzene rings is 3. The molecule has 54 heavy (non-hydrogen) atoms. The van der Waals surface area contributed by atoms with Gasteiger partial charge >= 0.3 is 32.6 Å².